The molecule has 0 spiro atoms. The molecule has 4 rings (SSSR count). The number of halogens is 1. The summed E-state index contributed by atoms with van der Waals surface area (Å²) >= 11 is 4.49. The van der Waals surface area contributed by atoms with Crippen LogP contribution in [0.5, 0.6) is 0 Å². The van der Waals surface area contributed by atoms with Gasteiger partial charge in [-0.3, -0.25) is 9.59 Å². The fourth-order valence-electron chi connectivity index (χ4n) is 3.35. The van der Waals surface area contributed by atoms with Gasteiger partial charge in [0.25, 0.3) is 11.1 Å². The summed E-state index contributed by atoms with van der Waals surface area (Å²) in [6.07, 6.45) is 1.81. The second-order valence-corrected chi connectivity index (χ2v) is 8.40. The Morgan fingerprint density at radius 3 is 2.36 bits per heavy atom. The first-order valence-electron chi connectivity index (χ1n) is 8.73. The maximum atomic E-state index is 12.8. The van der Waals surface area contributed by atoms with Gasteiger partial charge in [-0.2, -0.15) is 0 Å². The summed E-state index contributed by atoms with van der Waals surface area (Å²) in [5, 5.41) is -0.275. The van der Waals surface area contributed by atoms with Crippen molar-refractivity contribution >= 4 is 50.6 Å². The number of nitrogens with zero attached hydrogens (tertiary/aromatic N) is 2. The van der Waals surface area contributed by atoms with Crippen molar-refractivity contribution in [3.63, 3.8) is 0 Å². The molecule has 3 aromatic rings. The molecule has 1 saturated heterocycles. The summed E-state index contributed by atoms with van der Waals surface area (Å²) < 4.78 is 3.14. The van der Waals surface area contributed by atoms with E-state index in [1.165, 1.54) is 4.90 Å². The molecule has 4 nitrogen and oxygen atoms in total. The van der Waals surface area contributed by atoms with Crippen molar-refractivity contribution in [3.8, 4) is 5.69 Å². The molecule has 0 atom stereocenters. The average Bonchev–Trinajstić information content (AvgIpc) is 3.11. The van der Waals surface area contributed by atoms with Gasteiger partial charge in [0.05, 0.1) is 10.6 Å². The summed E-state index contributed by atoms with van der Waals surface area (Å²) in [7, 11) is 0. The molecule has 2 aromatic carbocycles. The van der Waals surface area contributed by atoms with Crippen LogP contribution in [0.15, 0.2) is 70.0 Å². The smallest absolute Gasteiger partial charge is 0.298 e. The highest BCUT2D eigenvalue weighted by Gasteiger charge is 2.36. The Hall–Kier alpha value is -2.57. The summed E-state index contributed by atoms with van der Waals surface area (Å²) in [5.74, 6) is -0.284. The SMILES string of the molecule is Cc1cc(C=C2SC(=O)N(c3ccccc3)C2=O)c(C)n1-c1cccc(Br)c1. The summed E-state index contributed by atoms with van der Waals surface area (Å²) in [4.78, 5) is 26.9. The topological polar surface area (TPSA) is 42.3 Å². The van der Waals surface area contributed by atoms with E-state index in [1.807, 2.05) is 68.5 Å². The molecule has 0 bridgehead atoms. The average molecular weight is 453 g/mol. The number of hydrogen-bond acceptors (Lipinski definition) is 3. The van der Waals surface area contributed by atoms with E-state index in [2.05, 4.69) is 20.5 Å². The predicted molar refractivity (Wildman–Crippen MR) is 118 cm³/mol. The Kier molecular flexibility index (Phi) is 5.00. The molecule has 1 aliphatic rings. The summed E-state index contributed by atoms with van der Waals surface area (Å²) in [6.45, 7) is 4.04. The van der Waals surface area contributed by atoms with Gasteiger partial charge >= 0.3 is 0 Å². The molecule has 140 valence electrons. The number of carbonyl (C=O) groups is 2. The van der Waals surface area contributed by atoms with Gasteiger partial charge in [-0.25, -0.2) is 4.90 Å². The Bertz CT molecular complexity index is 1120. The number of imide groups is 1. The number of thioether (sulfide) groups is 1. The zero-order valence-corrected chi connectivity index (χ0v) is 17.8. The predicted octanol–water partition coefficient (Wildman–Crippen LogP) is 6.10. The minimum atomic E-state index is -0.284. The quantitative estimate of drug-likeness (QED) is 0.451. The third-order valence-electron chi connectivity index (χ3n) is 4.63. The Labute approximate surface area is 176 Å². The number of rotatable bonds is 3. The first-order chi connectivity index (χ1) is 13.5. The number of carbonyl (C=O) groups excluding carboxylic acids is 2. The van der Waals surface area contributed by atoms with Gasteiger partial charge in [-0.05, 0) is 73.6 Å². The van der Waals surface area contributed by atoms with E-state index < -0.39 is 0 Å². The lowest BCUT2D eigenvalue weighted by Crippen LogP contribution is -2.27. The Morgan fingerprint density at radius 1 is 0.929 bits per heavy atom. The Balaban J connectivity index is 1.72. The monoisotopic (exact) mass is 452 g/mol. The van der Waals surface area contributed by atoms with Crippen molar-refractivity contribution in [2.45, 2.75) is 13.8 Å². The molecule has 6 heteroatoms. The highest BCUT2D eigenvalue weighted by molar-refractivity contribution is 9.10. The van der Waals surface area contributed by atoms with Crippen LogP contribution in [0.3, 0.4) is 0 Å². The van der Waals surface area contributed by atoms with Crippen LogP contribution in [-0.2, 0) is 4.79 Å². The maximum absolute atomic E-state index is 12.8. The van der Waals surface area contributed by atoms with Crippen molar-refractivity contribution in [1.82, 2.24) is 4.57 Å². The van der Waals surface area contributed by atoms with Crippen molar-refractivity contribution in [3.05, 3.63) is 87.0 Å². The van der Waals surface area contributed by atoms with E-state index in [-0.39, 0.29) is 11.1 Å². The van der Waals surface area contributed by atoms with E-state index in [4.69, 9.17) is 0 Å². The van der Waals surface area contributed by atoms with Crippen LogP contribution in [-0.4, -0.2) is 15.7 Å². The number of para-hydroxylation sites is 1. The molecule has 2 heterocycles. The van der Waals surface area contributed by atoms with E-state index in [1.54, 1.807) is 12.1 Å². The fraction of sp³-hybridized carbons (Fsp3) is 0.0909. The normalized spacial score (nSPS) is 15.7. The van der Waals surface area contributed by atoms with E-state index in [9.17, 15) is 9.59 Å². The lowest BCUT2D eigenvalue weighted by atomic mass is 10.2. The van der Waals surface area contributed by atoms with Crippen LogP contribution >= 0.6 is 27.7 Å². The third kappa shape index (κ3) is 3.34. The molecule has 1 aliphatic heterocycles. The minimum Gasteiger partial charge on any atom is -0.318 e. The number of hydrogen-bond donors (Lipinski definition) is 0. The fourth-order valence-corrected chi connectivity index (χ4v) is 4.57. The molecule has 1 aromatic heterocycles. The van der Waals surface area contributed by atoms with E-state index in [0.717, 1.165) is 38.9 Å². The van der Waals surface area contributed by atoms with Crippen LogP contribution in [0.2, 0.25) is 0 Å². The number of anilines is 1. The largest absolute Gasteiger partial charge is 0.318 e. The molecule has 0 radical (unpaired) electrons. The van der Waals surface area contributed by atoms with Gasteiger partial charge < -0.3 is 4.57 Å². The lowest BCUT2D eigenvalue weighted by Gasteiger charge is -2.11. The molecule has 28 heavy (non-hydrogen) atoms. The van der Waals surface area contributed by atoms with Gasteiger partial charge in [0.15, 0.2) is 0 Å². The van der Waals surface area contributed by atoms with Crippen LogP contribution in [0.4, 0.5) is 10.5 Å². The Morgan fingerprint density at radius 2 is 1.64 bits per heavy atom. The van der Waals surface area contributed by atoms with Gasteiger partial charge in [0.2, 0.25) is 0 Å². The van der Waals surface area contributed by atoms with Crippen LogP contribution in [0.1, 0.15) is 17.0 Å². The highest BCUT2D eigenvalue weighted by Crippen LogP contribution is 2.36. The zero-order valence-electron chi connectivity index (χ0n) is 15.3. The molecule has 1 fully saturated rings. The second-order valence-electron chi connectivity index (χ2n) is 6.49. The maximum Gasteiger partial charge on any atom is 0.298 e. The van der Waals surface area contributed by atoms with Gasteiger partial charge in [0.1, 0.15) is 0 Å². The first kappa shape index (κ1) is 18.8. The summed E-state index contributed by atoms with van der Waals surface area (Å²) in [6, 6.07) is 19.1. The third-order valence-corrected chi connectivity index (χ3v) is 5.99. The number of aromatic nitrogens is 1. The van der Waals surface area contributed by atoms with Gasteiger partial charge in [-0.15, -0.1) is 0 Å². The van der Waals surface area contributed by atoms with Crippen molar-refractivity contribution in [1.29, 1.82) is 0 Å². The number of benzene rings is 2. The van der Waals surface area contributed by atoms with Gasteiger partial charge in [-0.1, -0.05) is 40.2 Å². The van der Waals surface area contributed by atoms with Crippen LogP contribution < -0.4 is 4.90 Å². The van der Waals surface area contributed by atoms with Crippen LogP contribution in [0, 0.1) is 13.8 Å². The summed E-state index contributed by atoms with van der Waals surface area (Å²) in [5.41, 5.74) is 4.64. The van der Waals surface area contributed by atoms with Crippen molar-refractivity contribution < 1.29 is 9.59 Å². The standard InChI is InChI=1S/C22H17BrN2O2S/c1-14-11-16(15(2)24(14)19-10-6-7-17(23)13-19)12-20-21(26)25(22(27)28-20)18-8-4-3-5-9-18/h3-13H,1-2H3. The van der Waals surface area contributed by atoms with Crippen molar-refractivity contribution in [2.24, 2.45) is 0 Å². The minimum absolute atomic E-state index is 0.275. The van der Waals surface area contributed by atoms with Crippen molar-refractivity contribution in [2.75, 3.05) is 4.90 Å². The molecular formula is C22H17BrN2O2S. The second kappa shape index (κ2) is 7.45. The first-order valence-corrected chi connectivity index (χ1v) is 10.3. The molecule has 2 amide bonds. The zero-order chi connectivity index (χ0) is 19.8. The van der Waals surface area contributed by atoms with Gasteiger partial charge in [0, 0.05) is 21.5 Å². The molecule has 0 unspecified atom stereocenters. The van der Waals surface area contributed by atoms with Crippen LogP contribution in [0.25, 0.3) is 11.8 Å². The molecular weight excluding hydrogens is 436 g/mol. The molecule has 0 N–H and O–H groups in total. The van der Waals surface area contributed by atoms with E-state index in [0.29, 0.717) is 10.6 Å². The van der Waals surface area contributed by atoms with E-state index >= 15 is 0 Å². The molecule has 0 aliphatic carbocycles. The number of amides is 2. The lowest BCUT2D eigenvalue weighted by molar-refractivity contribution is -0.113. The molecule has 0 saturated carbocycles. The highest BCUT2D eigenvalue weighted by atomic mass is 79.9. The number of aryl methyl sites for hydroxylation is 1.